The Labute approximate surface area is 79.8 Å². The first-order chi connectivity index (χ1) is 6.07. The SMILES string of the molecule is O=S(=O)(Cl)c1ccc2[nH]ccc2c1. The van der Waals surface area contributed by atoms with Crippen LogP contribution >= 0.6 is 10.7 Å². The van der Waals surface area contributed by atoms with Crippen molar-refractivity contribution in [3.63, 3.8) is 0 Å². The highest BCUT2D eigenvalue weighted by atomic mass is 35.7. The average molecular weight is 216 g/mol. The molecule has 0 bridgehead atoms. The third-order valence-corrected chi connectivity index (χ3v) is 3.16. The summed E-state index contributed by atoms with van der Waals surface area (Å²) in [6.07, 6.45) is 1.75. The molecule has 0 atom stereocenters. The Morgan fingerprint density at radius 2 is 2.00 bits per heavy atom. The van der Waals surface area contributed by atoms with Crippen LogP contribution in [0.3, 0.4) is 0 Å². The summed E-state index contributed by atoms with van der Waals surface area (Å²) >= 11 is 0. The quantitative estimate of drug-likeness (QED) is 0.741. The lowest BCUT2D eigenvalue weighted by Gasteiger charge is -1.95. The van der Waals surface area contributed by atoms with Crippen molar-refractivity contribution >= 4 is 30.6 Å². The van der Waals surface area contributed by atoms with Gasteiger partial charge in [-0.25, -0.2) is 8.42 Å². The molecule has 0 saturated carbocycles. The van der Waals surface area contributed by atoms with Crippen LogP contribution in [0.1, 0.15) is 0 Å². The monoisotopic (exact) mass is 215 g/mol. The number of nitrogens with one attached hydrogen (secondary N) is 1. The number of hydrogen-bond donors (Lipinski definition) is 1. The van der Waals surface area contributed by atoms with Crippen LogP contribution in [0.25, 0.3) is 10.9 Å². The average Bonchev–Trinajstić information content (AvgIpc) is 2.47. The molecule has 0 saturated heterocycles. The number of halogens is 1. The zero-order valence-electron chi connectivity index (χ0n) is 6.49. The van der Waals surface area contributed by atoms with Crippen LogP contribution in [0.5, 0.6) is 0 Å². The molecule has 1 aromatic carbocycles. The van der Waals surface area contributed by atoms with Crippen molar-refractivity contribution in [1.29, 1.82) is 0 Å². The number of aromatic amines is 1. The second-order valence-electron chi connectivity index (χ2n) is 2.66. The highest BCUT2D eigenvalue weighted by Crippen LogP contribution is 2.20. The van der Waals surface area contributed by atoms with Crippen molar-refractivity contribution in [2.24, 2.45) is 0 Å². The number of fused-ring (bicyclic) bond motifs is 1. The lowest BCUT2D eigenvalue weighted by molar-refractivity contribution is 0.609. The van der Waals surface area contributed by atoms with Crippen LogP contribution in [0.15, 0.2) is 35.4 Å². The second kappa shape index (κ2) is 2.75. The fourth-order valence-corrected chi connectivity index (χ4v) is 1.97. The molecule has 0 unspecified atom stereocenters. The highest BCUT2D eigenvalue weighted by molar-refractivity contribution is 8.13. The Morgan fingerprint density at radius 1 is 1.23 bits per heavy atom. The predicted octanol–water partition coefficient (Wildman–Crippen LogP) is 2.10. The number of benzene rings is 1. The molecule has 0 aliphatic carbocycles. The van der Waals surface area contributed by atoms with Crippen molar-refractivity contribution < 1.29 is 8.42 Å². The number of H-pyrrole nitrogens is 1. The minimum atomic E-state index is -3.61. The van der Waals surface area contributed by atoms with Gasteiger partial charge in [0.1, 0.15) is 0 Å². The first-order valence-electron chi connectivity index (χ1n) is 3.59. The standard InChI is InChI=1S/C8H6ClNO2S/c9-13(11,12)7-1-2-8-6(5-7)3-4-10-8/h1-5,10H. The van der Waals surface area contributed by atoms with E-state index in [-0.39, 0.29) is 4.90 Å². The minimum Gasteiger partial charge on any atom is -0.361 e. The summed E-state index contributed by atoms with van der Waals surface area (Å²) in [6.45, 7) is 0. The minimum absolute atomic E-state index is 0.126. The van der Waals surface area contributed by atoms with E-state index in [9.17, 15) is 8.42 Å². The van der Waals surface area contributed by atoms with E-state index >= 15 is 0 Å². The summed E-state index contributed by atoms with van der Waals surface area (Å²) in [5, 5.41) is 0.835. The van der Waals surface area contributed by atoms with Gasteiger partial charge >= 0.3 is 0 Å². The van der Waals surface area contributed by atoms with Crippen molar-refractivity contribution in [2.45, 2.75) is 4.90 Å². The molecule has 1 heterocycles. The van der Waals surface area contributed by atoms with Gasteiger partial charge in [-0.1, -0.05) is 0 Å². The molecule has 1 N–H and O–H groups in total. The maximum atomic E-state index is 11.0. The topological polar surface area (TPSA) is 49.9 Å². The first kappa shape index (κ1) is 8.59. The summed E-state index contributed by atoms with van der Waals surface area (Å²) in [5.74, 6) is 0. The smallest absolute Gasteiger partial charge is 0.261 e. The predicted molar refractivity (Wildman–Crippen MR) is 51.3 cm³/mol. The molecule has 5 heteroatoms. The molecule has 2 aromatic rings. The molecule has 0 amide bonds. The zero-order chi connectivity index (χ0) is 9.47. The van der Waals surface area contributed by atoms with Crippen LogP contribution in [0, 0.1) is 0 Å². The second-order valence-corrected chi connectivity index (χ2v) is 5.23. The van der Waals surface area contributed by atoms with Gasteiger partial charge in [0, 0.05) is 27.8 Å². The largest absolute Gasteiger partial charge is 0.361 e. The fourth-order valence-electron chi connectivity index (χ4n) is 1.18. The summed E-state index contributed by atoms with van der Waals surface area (Å²) in [4.78, 5) is 3.09. The molecule has 0 aliphatic heterocycles. The molecule has 13 heavy (non-hydrogen) atoms. The third kappa shape index (κ3) is 1.55. The van der Waals surface area contributed by atoms with E-state index in [2.05, 4.69) is 4.98 Å². The molecule has 3 nitrogen and oxygen atoms in total. The van der Waals surface area contributed by atoms with Crippen LogP contribution in [-0.4, -0.2) is 13.4 Å². The van der Waals surface area contributed by atoms with Gasteiger partial charge in [-0.05, 0) is 24.3 Å². The van der Waals surface area contributed by atoms with Gasteiger partial charge in [-0.2, -0.15) is 0 Å². The van der Waals surface area contributed by atoms with Crippen molar-refractivity contribution in [2.75, 3.05) is 0 Å². The van der Waals surface area contributed by atoms with Gasteiger partial charge in [-0.3, -0.25) is 0 Å². The number of aromatic nitrogens is 1. The van der Waals surface area contributed by atoms with Gasteiger partial charge < -0.3 is 4.98 Å². The van der Waals surface area contributed by atoms with Gasteiger partial charge in [0.25, 0.3) is 9.05 Å². The van der Waals surface area contributed by atoms with E-state index < -0.39 is 9.05 Å². The highest BCUT2D eigenvalue weighted by Gasteiger charge is 2.09. The Balaban J connectivity index is 2.75. The lowest BCUT2D eigenvalue weighted by Crippen LogP contribution is -1.88. The Kier molecular flexibility index (Phi) is 1.82. The molecule has 0 spiro atoms. The fraction of sp³-hybridized carbons (Fsp3) is 0. The molecule has 0 fully saturated rings. The molecule has 2 rings (SSSR count). The van der Waals surface area contributed by atoms with E-state index in [1.54, 1.807) is 18.3 Å². The maximum absolute atomic E-state index is 11.0. The Morgan fingerprint density at radius 3 is 2.69 bits per heavy atom. The number of hydrogen-bond acceptors (Lipinski definition) is 2. The van der Waals surface area contributed by atoms with Gasteiger partial charge in [0.05, 0.1) is 4.90 Å². The van der Waals surface area contributed by atoms with Gasteiger partial charge in [0.2, 0.25) is 0 Å². The molecule has 68 valence electrons. The van der Waals surface area contributed by atoms with E-state index in [1.807, 2.05) is 0 Å². The van der Waals surface area contributed by atoms with Gasteiger partial charge in [0.15, 0.2) is 0 Å². The lowest BCUT2D eigenvalue weighted by atomic mass is 10.2. The van der Waals surface area contributed by atoms with Crippen LogP contribution < -0.4 is 0 Å². The van der Waals surface area contributed by atoms with E-state index in [4.69, 9.17) is 10.7 Å². The molecule has 1 aromatic heterocycles. The van der Waals surface area contributed by atoms with Gasteiger partial charge in [-0.15, -0.1) is 0 Å². The summed E-state index contributed by atoms with van der Waals surface area (Å²) < 4.78 is 21.9. The van der Waals surface area contributed by atoms with E-state index in [0.717, 1.165) is 10.9 Å². The molecule has 0 aliphatic rings. The molecular formula is C8H6ClNO2S. The van der Waals surface area contributed by atoms with Crippen molar-refractivity contribution in [3.8, 4) is 0 Å². The van der Waals surface area contributed by atoms with Crippen LogP contribution in [0.2, 0.25) is 0 Å². The van der Waals surface area contributed by atoms with Crippen molar-refractivity contribution in [3.05, 3.63) is 30.5 Å². The summed E-state index contributed by atoms with van der Waals surface area (Å²) in [5.41, 5.74) is 0.893. The maximum Gasteiger partial charge on any atom is 0.261 e. The third-order valence-electron chi connectivity index (χ3n) is 1.81. The molecule has 0 radical (unpaired) electrons. The van der Waals surface area contributed by atoms with E-state index in [1.165, 1.54) is 12.1 Å². The summed E-state index contributed by atoms with van der Waals surface area (Å²) in [6, 6.07) is 6.49. The zero-order valence-corrected chi connectivity index (χ0v) is 8.06. The van der Waals surface area contributed by atoms with E-state index in [0.29, 0.717) is 0 Å². The van der Waals surface area contributed by atoms with Crippen LogP contribution in [-0.2, 0) is 9.05 Å². The Hall–Kier alpha value is -1.00. The van der Waals surface area contributed by atoms with Crippen LogP contribution in [0.4, 0.5) is 0 Å². The first-order valence-corrected chi connectivity index (χ1v) is 5.90. The Bertz CT molecular complexity index is 544. The summed E-state index contributed by atoms with van der Waals surface area (Å²) in [7, 11) is 1.57. The number of rotatable bonds is 1. The normalized spacial score (nSPS) is 12.1. The molecular weight excluding hydrogens is 210 g/mol. The van der Waals surface area contributed by atoms with Crippen molar-refractivity contribution in [1.82, 2.24) is 4.98 Å².